The van der Waals surface area contributed by atoms with Gasteiger partial charge in [0.05, 0.1) is 0 Å². The second kappa shape index (κ2) is 7.22. The Hall–Kier alpha value is -0.280. The molecule has 17 heavy (non-hydrogen) atoms. The van der Waals surface area contributed by atoms with Crippen LogP contribution in [0.2, 0.25) is 10.0 Å². The SMILES string of the molecule is CC(C)CCCC(NN)c1ccc(Cl)cc1Cl. The van der Waals surface area contributed by atoms with Crippen molar-refractivity contribution in [3.05, 3.63) is 33.8 Å². The molecule has 0 aliphatic heterocycles. The molecule has 0 bridgehead atoms. The van der Waals surface area contributed by atoms with Crippen LogP contribution in [-0.4, -0.2) is 0 Å². The number of hydrogen-bond donors (Lipinski definition) is 2. The van der Waals surface area contributed by atoms with Crippen molar-refractivity contribution in [2.75, 3.05) is 0 Å². The Balaban J connectivity index is 2.66. The molecule has 1 aromatic carbocycles. The first-order valence-electron chi connectivity index (χ1n) is 5.95. The van der Waals surface area contributed by atoms with Crippen LogP contribution in [0.4, 0.5) is 0 Å². The molecule has 0 radical (unpaired) electrons. The van der Waals surface area contributed by atoms with E-state index >= 15 is 0 Å². The van der Waals surface area contributed by atoms with Crippen molar-refractivity contribution in [1.82, 2.24) is 5.43 Å². The van der Waals surface area contributed by atoms with E-state index in [2.05, 4.69) is 19.3 Å². The van der Waals surface area contributed by atoms with E-state index in [-0.39, 0.29) is 6.04 Å². The van der Waals surface area contributed by atoms with E-state index in [1.165, 1.54) is 6.42 Å². The van der Waals surface area contributed by atoms with Crippen LogP contribution < -0.4 is 11.3 Å². The van der Waals surface area contributed by atoms with Gasteiger partial charge in [-0.3, -0.25) is 11.3 Å². The summed E-state index contributed by atoms with van der Waals surface area (Å²) in [5.41, 5.74) is 3.84. The Morgan fingerprint density at radius 1 is 1.24 bits per heavy atom. The minimum atomic E-state index is 0.0958. The highest BCUT2D eigenvalue weighted by Gasteiger charge is 2.13. The fraction of sp³-hybridized carbons (Fsp3) is 0.538. The summed E-state index contributed by atoms with van der Waals surface area (Å²) in [7, 11) is 0. The fourth-order valence-corrected chi connectivity index (χ4v) is 2.38. The highest BCUT2D eigenvalue weighted by molar-refractivity contribution is 6.35. The Kier molecular flexibility index (Phi) is 6.28. The summed E-state index contributed by atoms with van der Waals surface area (Å²) in [6.07, 6.45) is 3.31. The molecule has 0 aliphatic carbocycles. The standard InChI is InChI=1S/C13H20Cl2N2/c1-9(2)4-3-5-13(17-16)11-7-6-10(14)8-12(11)15/h6-9,13,17H,3-5,16H2,1-2H3. The van der Waals surface area contributed by atoms with Crippen LogP contribution in [0.5, 0.6) is 0 Å². The van der Waals surface area contributed by atoms with Crippen molar-refractivity contribution in [1.29, 1.82) is 0 Å². The lowest BCUT2D eigenvalue weighted by Gasteiger charge is -2.18. The van der Waals surface area contributed by atoms with Crippen molar-refractivity contribution >= 4 is 23.2 Å². The Morgan fingerprint density at radius 2 is 1.94 bits per heavy atom. The smallest absolute Gasteiger partial charge is 0.0474 e. The van der Waals surface area contributed by atoms with Gasteiger partial charge in [0.25, 0.3) is 0 Å². The predicted octanol–water partition coefficient (Wildman–Crippen LogP) is 4.32. The quantitative estimate of drug-likeness (QED) is 0.599. The van der Waals surface area contributed by atoms with E-state index in [4.69, 9.17) is 29.0 Å². The summed E-state index contributed by atoms with van der Waals surface area (Å²) < 4.78 is 0. The molecule has 0 spiro atoms. The van der Waals surface area contributed by atoms with E-state index in [9.17, 15) is 0 Å². The van der Waals surface area contributed by atoms with Crippen molar-refractivity contribution in [2.45, 2.75) is 39.2 Å². The van der Waals surface area contributed by atoms with E-state index < -0.39 is 0 Å². The van der Waals surface area contributed by atoms with Crippen molar-refractivity contribution in [3.8, 4) is 0 Å². The molecule has 0 aromatic heterocycles. The first-order chi connectivity index (χ1) is 8.04. The maximum absolute atomic E-state index is 6.16. The Labute approximate surface area is 113 Å². The van der Waals surface area contributed by atoms with Crippen molar-refractivity contribution < 1.29 is 0 Å². The lowest BCUT2D eigenvalue weighted by Crippen LogP contribution is -2.28. The van der Waals surface area contributed by atoms with E-state index in [1.807, 2.05) is 12.1 Å². The fourth-order valence-electron chi connectivity index (χ4n) is 1.84. The number of rotatable bonds is 6. The van der Waals surface area contributed by atoms with Crippen LogP contribution in [0.1, 0.15) is 44.7 Å². The minimum Gasteiger partial charge on any atom is -0.271 e. The number of hydrazine groups is 1. The zero-order valence-electron chi connectivity index (χ0n) is 10.3. The van der Waals surface area contributed by atoms with E-state index in [0.717, 1.165) is 18.4 Å². The summed E-state index contributed by atoms with van der Waals surface area (Å²) in [6.45, 7) is 4.44. The summed E-state index contributed by atoms with van der Waals surface area (Å²) in [5.74, 6) is 6.30. The molecule has 96 valence electrons. The minimum absolute atomic E-state index is 0.0958. The number of nitrogens with one attached hydrogen (secondary N) is 1. The molecular weight excluding hydrogens is 255 g/mol. The van der Waals surface area contributed by atoms with Gasteiger partial charge in [-0.1, -0.05) is 56.0 Å². The van der Waals surface area contributed by atoms with Gasteiger partial charge in [0.15, 0.2) is 0 Å². The number of hydrogen-bond acceptors (Lipinski definition) is 2. The molecule has 4 heteroatoms. The van der Waals surface area contributed by atoms with Crippen LogP contribution in [0.25, 0.3) is 0 Å². The molecule has 2 nitrogen and oxygen atoms in total. The zero-order valence-corrected chi connectivity index (χ0v) is 11.9. The maximum Gasteiger partial charge on any atom is 0.0474 e. The molecule has 3 N–H and O–H groups in total. The van der Waals surface area contributed by atoms with Crippen molar-refractivity contribution in [2.24, 2.45) is 11.8 Å². The van der Waals surface area contributed by atoms with E-state index in [0.29, 0.717) is 16.0 Å². The molecule has 0 saturated carbocycles. The third-order valence-corrected chi connectivity index (χ3v) is 3.38. The summed E-state index contributed by atoms with van der Waals surface area (Å²) in [6, 6.07) is 5.63. The Bertz CT molecular complexity index is 353. The first kappa shape index (κ1) is 14.8. The molecule has 1 rings (SSSR count). The maximum atomic E-state index is 6.16. The third kappa shape index (κ3) is 4.84. The first-order valence-corrected chi connectivity index (χ1v) is 6.71. The van der Waals surface area contributed by atoms with Gasteiger partial charge < -0.3 is 0 Å². The predicted molar refractivity (Wildman–Crippen MR) is 75.2 cm³/mol. The van der Waals surface area contributed by atoms with Gasteiger partial charge in [-0.2, -0.15) is 0 Å². The Morgan fingerprint density at radius 3 is 2.47 bits per heavy atom. The number of benzene rings is 1. The molecule has 0 amide bonds. The van der Waals surface area contributed by atoms with Crippen LogP contribution in [0, 0.1) is 5.92 Å². The topological polar surface area (TPSA) is 38.0 Å². The molecule has 1 atom stereocenters. The largest absolute Gasteiger partial charge is 0.271 e. The highest BCUT2D eigenvalue weighted by atomic mass is 35.5. The van der Waals surface area contributed by atoms with Crippen LogP contribution in [-0.2, 0) is 0 Å². The van der Waals surface area contributed by atoms with Gasteiger partial charge >= 0.3 is 0 Å². The van der Waals surface area contributed by atoms with Crippen LogP contribution >= 0.6 is 23.2 Å². The second-order valence-electron chi connectivity index (χ2n) is 4.71. The second-order valence-corrected chi connectivity index (χ2v) is 5.55. The monoisotopic (exact) mass is 274 g/mol. The summed E-state index contributed by atoms with van der Waals surface area (Å²) >= 11 is 12.0. The average Bonchev–Trinajstić information content (AvgIpc) is 2.25. The molecule has 1 aromatic rings. The summed E-state index contributed by atoms with van der Waals surface area (Å²) in [5, 5.41) is 1.32. The van der Waals surface area contributed by atoms with Crippen LogP contribution in [0.3, 0.4) is 0 Å². The lowest BCUT2D eigenvalue weighted by molar-refractivity contribution is 0.455. The van der Waals surface area contributed by atoms with Gasteiger partial charge in [0.1, 0.15) is 0 Å². The summed E-state index contributed by atoms with van der Waals surface area (Å²) in [4.78, 5) is 0. The normalized spacial score (nSPS) is 13.1. The van der Waals surface area contributed by atoms with Gasteiger partial charge in [-0.25, -0.2) is 0 Å². The molecule has 0 saturated heterocycles. The van der Waals surface area contributed by atoms with Gasteiger partial charge in [-0.15, -0.1) is 0 Å². The highest BCUT2D eigenvalue weighted by Crippen LogP contribution is 2.29. The molecule has 1 unspecified atom stereocenters. The van der Waals surface area contributed by atoms with Crippen LogP contribution in [0.15, 0.2) is 18.2 Å². The number of nitrogens with two attached hydrogens (primary N) is 1. The number of halogens is 2. The average molecular weight is 275 g/mol. The molecule has 0 heterocycles. The van der Waals surface area contributed by atoms with Gasteiger partial charge in [0, 0.05) is 16.1 Å². The van der Waals surface area contributed by atoms with Gasteiger partial charge in [0.2, 0.25) is 0 Å². The molecule has 0 fully saturated rings. The molecule has 0 aliphatic rings. The van der Waals surface area contributed by atoms with Gasteiger partial charge in [-0.05, 0) is 30.0 Å². The van der Waals surface area contributed by atoms with Crippen molar-refractivity contribution in [3.63, 3.8) is 0 Å². The lowest BCUT2D eigenvalue weighted by atomic mass is 9.98. The third-order valence-electron chi connectivity index (χ3n) is 2.81. The van der Waals surface area contributed by atoms with E-state index in [1.54, 1.807) is 6.07 Å². The molecular formula is C13H20Cl2N2. The zero-order chi connectivity index (χ0) is 12.8.